The highest BCUT2D eigenvalue weighted by Gasteiger charge is 2.14. The lowest BCUT2D eigenvalue weighted by molar-refractivity contribution is 0.472. The maximum absolute atomic E-state index is 9.64. The maximum atomic E-state index is 9.64. The molecule has 1 atom stereocenters. The molecule has 100 valence electrons. The van der Waals surface area contributed by atoms with Crippen molar-refractivity contribution in [1.82, 2.24) is 0 Å². The summed E-state index contributed by atoms with van der Waals surface area (Å²) in [6.07, 6.45) is 3.33. The van der Waals surface area contributed by atoms with Crippen LogP contribution in [0.15, 0.2) is 48.5 Å². The van der Waals surface area contributed by atoms with Gasteiger partial charge in [-0.05, 0) is 41.8 Å². The van der Waals surface area contributed by atoms with Crippen LogP contribution >= 0.6 is 0 Å². The molecule has 0 heterocycles. The fourth-order valence-corrected chi connectivity index (χ4v) is 2.38. The average Bonchev–Trinajstić information content (AvgIpc) is 2.41. The Morgan fingerprint density at radius 1 is 0.895 bits per heavy atom. The third-order valence-electron chi connectivity index (χ3n) is 3.41. The first-order valence-corrected chi connectivity index (χ1v) is 6.78. The summed E-state index contributed by atoms with van der Waals surface area (Å²) in [5, 5.41) is 19.0. The summed E-state index contributed by atoms with van der Waals surface area (Å²) < 4.78 is 0. The predicted molar refractivity (Wildman–Crippen MR) is 77.6 cm³/mol. The fraction of sp³-hybridized carbons (Fsp3) is 0.294. The number of phenolic OH excluding ortho intramolecular Hbond substituents is 2. The van der Waals surface area contributed by atoms with Gasteiger partial charge < -0.3 is 10.2 Å². The van der Waals surface area contributed by atoms with Gasteiger partial charge in [0.1, 0.15) is 11.5 Å². The van der Waals surface area contributed by atoms with Gasteiger partial charge in [-0.3, -0.25) is 0 Å². The zero-order valence-corrected chi connectivity index (χ0v) is 11.2. The van der Waals surface area contributed by atoms with Crippen LogP contribution in [0.1, 0.15) is 43.2 Å². The van der Waals surface area contributed by atoms with Crippen molar-refractivity contribution in [2.24, 2.45) is 0 Å². The third-order valence-corrected chi connectivity index (χ3v) is 3.41. The smallest absolute Gasteiger partial charge is 0.115 e. The van der Waals surface area contributed by atoms with Gasteiger partial charge in [0.15, 0.2) is 0 Å². The van der Waals surface area contributed by atoms with Crippen molar-refractivity contribution in [2.75, 3.05) is 0 Å². The highest BCUT2D eigenvalue weighted by atomic mass is 16.3. The number of aromatic hydroxyl groups is 2. The molecule has 0 spiro atoms. The quantitative estimate of drug-likeness (QED) is 0.831. The maximum Gasteiger partial charge on any atom is 0.115 e. The van der Waals surface area contributed by atoms with Gasteiger partial charge in [0.05, 0.1) is 0 Å². The molecule has 2 aromatic carbocycles. The minimum atomic E-state index is 0.271. The van der Waals surface area contributed by atoms with Crippen molar-refractivity contribution in [1.29, 1.82) is 0 Å². The van der Waals surface area contributed by atoms with Crippen molar-refractivity contribution in [2.45, 2.75) is 32.1 Å². The minimum Gasteiger partial charge on any atom is -0.508 e. The van der Waals surface area contributed by atoms with Crippen LogP contribution in [0, 0.1) is 0 Å². The van der Waals surface area contributed by atoms with Gasteiger partial charge in [0.25, 0.3) is 0 Å². The molecule has 0 bridgehead atoms. The van der Waals surface area contributed by atoms with Crippen LogP contribution in [0.25, 0.3) is 0 Å². The van der Waals surface area contributed by atoms with Crippen molar-refractivity contribution < 1.29 is 10.2 Å². The molecule has 2 rings (SSSR count). The number of hydrogen-bond donors (Lipinski definition) is 2. The number of rotatable bonds is 5. The van der Waals surface area contributed by atoms with Crippen LogP contribution in [0.2, 0.25) is 0 Å². The molecule has 0 aliphatic rings. The second kappa shape index (κ2) is 6.28. The molecule has 0 aliphatic heterocycles. The SMILES string of the molecule is CCCCC(c1ccc(O)cc1)c1cccc(O)c1. The molecule has 0 fully saturated rings. The molecular formula is C17H20O2. The minimum absolute atomic E-state index is 0.271. The molecule has 0 radical (unpaired) electrons. The van der Waals surface area contributed by atoms with Gasteiger partial charge in [-0.15, -0.1) is 0 Å². The lowest BCUT2D eigenvalue weighted by Gasteiger charge is -2.18. The summed E-state index contributed by atoms with van der Waals surface area (Å²) in [6.45, 7) is 2.18. The first-order chi connectivity index (χ1) is 9.20. The van der Waals surface area contributed by atoms with E-state index < -0.39 is 0 Å². The van der Waals surface area contributed by atoms with E-state index in [0.717, 1.165) is 24.8 Å². The van der Waals surface area contributed by atoms with Crippen LogP contribution in [-0.2, 0) is 0 Å². The molecule has 2 nitrogen and oxygen atoms in total. The van der Waals surface area contributed by atoms with E-state index >= 15 is 0 Å². The first-order valence-electron chi connectivity index (χ1n) is 6.78. The van der Waals surface area contributed by atoms with Crippen molar-refractivity contribution in [3.8, 4) is 11.5 Å². The Hall–Kier alpha value is -1.96. The molecule has 0 aliphatic carbocycles. The lowest BCUT2D eigenvalue weighted by atomic mass is 9.87. The topological polar surface area (TPSA) is 40.5 Å². The summed E-state index contributed by atoms with van der Waals surface area (Å²) in [5.41, 5.74) is 2.30. The molecule has 0 aromatic heterocycles. The number of unbranched alkanes of at least 4 members (excludes halogenated alkanes) is 1. The Kier molecular flexibility index (Phi) is 4.45. The first kappa shape index (κ1) is 13.5. The lowest BCUT2D eigenvalue weighted by Crippen LogP contribution is -2.01. The van der Waals surface area contributed by atoms with Crippen LogP contribution in [0.5, 0.6) is 11.5 Å². The fourth-order valence-electron chi connectivity index (χ4n) is 2.38. The largest absolute Gasteiger partial charge is 0.508 e. The monoisotopic (exact) mass is 256 g/mol. The Balaban J connectivity index is 2.32. The Morgan fingerprint density at radius 3 is 2.26 bits per heavy atom. The Labute approximate surface area is 114 Å². The van der Waals surface area contributed by atoms with Gasteiger partial charge in [-0.2, -0.15) is 0 Å². The standard InChI is InChI=1S/C17H20O2/c1-2-3-7-17(13-8-10-15(18)11-9-13)14-5-4-6-16(19)12-14/h4-6,8-12,17-19H,2-3,7H2,1H3. The van der Waals surface area contributed by atoms with E-state index in [1.165, 1.54) is 5.56 Å². The zero-order valence-electron chi connectivity index (χ0n) is 11.2. The molecule has 2 aromatic rings. The second-order valence-electron chi connectivity index (χ2n) is 4.88. The Morgan fingerprint density at radius 2 is 1.63 bits per heavy atom. The number of phenols is 2. The van der Waals surface area contributed by atoms with Gasteiger partial charge in [0, 0.05) is 5.92 Å². The highest BCUT2D eigenvalue weighted by molar-refractivity contribution is 5.38. The van der Waals surface area contributed by atoms with Crippen LogP contribution in [0.3, 0.4) is 0 Å². The summed E-state index contributed by atoms with van der Waals surface area (Å²) in [5.74, 6) is 0.860. The van der Waals surface area contributed by atoms with E-state index in [1.54, 1.807) is 18.2 Å². The molecule has 2 N–H and O–H groups in total. The summed E-state index contributed by atoms with van der Waals surface area (Å²) >= 11 is 0. The third kappa shape index (κ3) is 3.50. The van der Waals surface area contributed by atoms with Crippen molar-refractivity contribution >= 4 is 0 Å². The average molecular weight is 256 g/mol. The molecule has 19 heavy (non-hydrogen) atoms. The Bertz CT molecular complexity index is 517. The second-order valence-corrected chi connectivity index (χ2v) is 4.88. The van der Waals surface area contributed by atoms with E-state index in [9.17, 15) is 10.2 Å². The van der Waals surface area contributed by atoms with Gasteiger partial charge in [0.2, 0.25) is 0 Å². The van der Waals surface area contributed by atoms with E-state index in [1.807, 2.05) is 30.3 Å². The van der Waals surface area contributed by atoms with Crippen LogP contribution in [0.4, 0.5) is 0 Å². The number of benzene rings is 2. The molecular weight excluding hydrogens is 236 g/mol. The predicted octanol–water partition coefficient (Wildman–Crippen LogP) is 4.42. The molecule has 0 amide bonds. The van der Waals surface area contributed by atoms with Crippen molar-refractivity contribution in [3.05, 3.63) is 59.7 Å². The normalized spacial score (nSPS) is 12.3. The van der Waals surface area contributed by atoms with Crippen LogP contribution in [-0.4, -0.2) is 10.2 Å². The zero-order chi connectivity index (χ0) is 13.7. The van der Waals surface area contributed by atoms with E-state index in [0.29, 0.717) is 5.75 Å². The number of hydrogen-bond acceptors (Lipinski definition) is 2. The van der Waals surface area contributed by atoms with E-state index in [4.69, 9.17) is 0 Å². The van der Waals surface area contributed by atoms with E-state index in [-0.39, 0.29) is 11.7 Å². The summed E-state index contributed by atoms with van der Waals surface area (Å²) in [6, 6.07) is 14.8. The van der Waals surface area contributed by atoms with Gasteiger partial charge >= 0.3 is 0 Å². The van der Waals surface area contributed by atoms with Gasteiger partial charge in [-0.25, -0.2) is 0 Å². The van der Waals surface area contributed by atoms with Crippen LogP contribution < -0.4 is 0 Å². The molecule has 1 unspecified atom stereocenters. The highest BCUT2D eigenvalue weighted by Crippen LogP contribution is 2.32. The molecule has 2 heteroatoms. The molecule has 0 saturated heterocycles. The van der Waals surface area contributed by atoms with Crippen molar-refractivity contribution in [3.63, 3.8) is 0 Å². The van der Waals surface area contributed by atoms with E-state index in [2.05, 4.69) is 6.92 Å². The summed E-state index contributed by atoms with van der Waals surface area (Å²) in [4.78, 5) is 0. The summed E-state index contributed by atoms with van der Waals surface area (Å²) in [7, 11) is 0. The van der Waals surface area contributed by atoms with Gasteiger partial charge in [-0.1, -0.05) is 44.0 Å². The molecule has 0 saturated carbocycles.